The number of carbonyl (C=O) groups excluding carboxylic acids is 2. The van der Waals surface area contributed by atoms with E-state index < -0.39 is 23.8 Å². The summed E-state index contributed by atoms with van der Waals surface area (Å²) in [5.41, 5.74) is 2.30. The highest BCUT2D eigenvalue weighted by atomic mass is 19.1. The molecule has 1 amide bonds. The van der Waals surface area contributed by atoms with Crippen LogP contribution in [0.3, 0.4) is 0 Å². The quantitative estimate of drug-likeness (QED) is 0.847. The summed E-state index contributed by atoms with van der Waals surface area (Å²) in [6.07, 6.45) is -0.0808. The van der Waals surface area contributed by atoms with Gasteiger partial charge in [0.1, 0.15) is 5.82 Å². The second kappa shape index (κ2) is 7.73. The van der Waals surface area contributed by atoms with Gasteiger partial charge in [0.05, 0.1) is 5.56 Å². The first-order valence-corrected chi connectivity index (χ1v) is 7.77. The van der Waals surface area contributed by atoms with Crippen LogP contribution in [0.5, 0.6) is 0 Å². The van der Waals surface area contributed by atoms with Crippen molar-refractivity contribution >= 4 is 17.6 Å². The van der Waals surface area contributed by atoms with Gasteiger partial charge in [-0.1, -0.05) is 25.1 Å². The molecular formula is C19H20FNO3. The maximum Gasteiger partial charge on any atom is 0.339 e. The summed E-state index contributed by atoms with van der Waals surface area (Å²) in [5.74, 6) is -1.67. The van der Waals surface area contributed by atoms with Gasteiger partial charge in [0.25, 0.3) is 5.91 Å². The summed E-state index contributed by atoms with van der Waals surface area (Å²) >= 11 is 0. The Morgan fingerprint density at radius 2 is 1.83 bits per heavy atom. The highest BCUT2D eigenvalue weighted by Crippen LogP contribution is 2.13. The molecule has 0 aliphatic carbocycles. The number of hydrogen-bond acceptors (Lipinski definition) is 3. The molecule has 0 saturated carbocycles. The topological polar surface area (TPSA) is 55.4 Å². The molecule has 0 aliphatic rings. The van der Waals surface area contributed by atoms with Crippen LogP contribution < -0.4 is 5.32 Å². The third-order valence-electron chi connectivity index (χ3n) is 3.69. The lowest BCUT2D eigenvalue weighted by Gasteiger charge is -2.14. The largest absolute Gasteiger partial charge is 0.449 e. The third-order valence-corrected chi connectivity index (χ3v) is 3.69. The molecule has 0 spiro atoms. The zero-order chi connectivity index (χ0) is 17.7. The Kier molecular flexibility index (Phi) is 5.68. The molecule has 0 aliphatic heterocycles. The van der Waals surface area contributed by atoms with Crippen LogP contribution in [-0.2, 0) is 16.0 Å². The SMILES string of the molecule is CCc1ccc(NC(=O)[C@@H](C)OC(=O)c2ccc(C)c(F)c2)cc1. The predicted octanol–water partition coefficient (Wildman–Crippen LogP) is 3.88. The summed E-state index contributed by atoms with van der Waals surface area (Å²) in [5, 5.41) is 2.68. The Bertz CT molecular complexity index is 741. The van der Waals surface area contributed by atoms with E-state index >= 15 is 0 Å². The van der Waals surface area contributed by atoms with Gasteiger partial charge in [0.2, 0.25) is 0 Å². The van der Waals surface area contributed by atoms with E-state index in [-0.39, 0.29) is 5.56 Å². The number of nitrogens with one attached hydrogen (secondary N) is 1. The minimum atomic E-state index is -0.993. The van der Waals surface area contributed by atoms with Gasteiger partial charge in [-0.15, -0.1) is 0 Å². The van der Waals surface area contributed by atoms with Crippen LogP contribution in [0.2, 0.25) is 0 Å². The zero-order valence-corrected chi connectivity index (χ0v) is 13.9. The van der Waals surface area contributed by atoms with Crippen molar-refractivity contribution in [3.63, 3.8) is 0 Å². The van der Waals surface area contributed by atoms with Gasteiger partial charge >= 0.3 is 5.97 Å². The number of ether oxygens (including phenoxy) is 1. The van der Waals surface area contributed by atoms with Crippen LogP contribution in [0.15, 0.2) is 42.5 Å². The zero-order valence-electron chi connectivity index (χ0n) is 13.9. The molecule has 4 nitrogen and oxygen atoms in total. The van der Waals surface area contributed by atoms with Gasteiger partial charge in [0, 0.05) is 5.69 Å². The first kappa shape index (κ1) is 17.7. The van der Waals surface area contributed by atoms with Gasteiger partial charge in [-0.3, -0.25) is 4.79 Å². The van der Waals surface area contributed by atoms with Crippen molar-refractivity contribution in [2.75, 3.05) is 5.32 Å². The Morgan fingerprint density at radius 1 is 1.17 bits per heavy atom. The van der Waals surface area contributed by atoms with Gasteiger partial charge < -0.3 is 10.1 Å². The maximum absolute atomic E-state index is 13.5. The minimum absolute atomic E-state index is 0.0741. The van der Waals surface area contributed by atoms with Gasteiger partial charge in [-0.05, 0) is 55.7 Å². The summed E-state index contributed by atoms with van der Waals surface area (Å²) in [4.78, 5) is 24.1. The number of amides is 1. The molecule has 0 saturated heterocycles. The maximum atomic E-state index is 13.5. The molecule has 2 aromatic carbocycles. The average molecular weight is 329 g/mol. The normalized spacial score (nSPS) is 11.7. The minimum Gasteiger partial charge on any atom is -0.449 e. The van der Waals surface area contributed by atoms with Crippen molar-refractivity contribution < 1.29 is 18.7 Å². The summed E-state index contributed by atoms with van der Waals surface area (Å²) in [6, 6.07) is 11.5. The molecule has 2 rings (SSSR count). The van der Waals surface area contributed by atoms with E-state index in [0.29, 0.717) is 11.3 Å². The summed E-state index contributed by atoms with van der Waals surface area (Å²) in [7, 11) is 0. The second-order valence-corrected chi connectivity index (χ2v) is 5.55. The van der Waals surface area contributed by atoms with Crippen molar-refractivity contribution in [3.05, 3.63) is 65.0 Å². The van der Waals surface area contributed by atoms with E-state index in [9.17, 15) is 14.0 Å². The van der Waals surface area contributed by atoms with Crippen molar-refractivity contribution in [2.24, 2.45) is 0 Å². The molecule has 1 atom stereocenters. The number of anilines is 1. The number of halogens is 1. The number of esters is 1. The average Bonchev–Trinajstić information content (AvgIpc) is 2.57. The molecule has 0 radical (unpaired) electrons. The van der Waals surface area contributed by atoms with Crippen LogP contribution in [0.1, 0.15) is 35.3 Å². The van der Waals surface area contributed by atoms with Crippen molar-refractivity contribution in [1.29, 1.82) is 0 Å². The van der Waals surface area contributed by atoms with Crippen molar-refractivity contribution in [1.82, 2.24) is 0 Å². The van der Waals surface area contributed by atoms with E-state index in [1.165, 1.54) is 19.1 Å². The van der Waals surface area contributed by atoms with Crippen LogP contribution >= 0.6 is 0 Å². The lowest BCUT2D eigenvalue weighted by molar-refractivity contribution is -0.123. The number of carbonyl (C=O) groups is 2. The van der Waals surface area contributed by atoms with Crippen LogP contribution in [0.25, 0.3) is 0 Å². The number of aryl methyl sites for hydroxylation is 2. The highest BCUT2D eigenvalue weighted by molar-refractivity contribution is 5.97. The Morgan fingerprint density at radius 3 is 2.42 bits per heavy atom. The monoisotopic (exact) mass is 329 g/mol. The molecule has 24 heavy (non-hydrogen) atoms. The fourth-order valence-corrected chi connectivity index (χ4v) is 2.07. The molecule has 0 unspecified atom stereocenters. The van der Waals surface area contributed by atoms with E-state index in [4.69, 9.17) is 4.74 Å². The van der Waals surface area contributed by atoms with E-state index in [1.54, 1.807) is 19.1 Å². The molecule has 5 heteroatoms. The molecular weight excluding hydrogens is 309 g/mol. The van der Waals surface area contributed by atoms with Crippen molar-refractivity contribution in [2.45, 2.75) is 33.3 Å². The molecule has 0 fully saturated rings. The van der Waals surface area contributed by atoms with Crippen LogP contribution in [-0.4, -0.2) is 18.0 Å². The number of benzene rings is 2. The molecule has 1 N–H and O–H groups in total. The lowest BCUT2D eigenvalue weighted by atomic mass is 10.1. The first-order chi connectivity index (χ1) is 11.4. The second-order valence-electron chi connectivity index (χ2n) is 5.55. The lowest BCUT2D eigenvalue weighted by Crippen LogP contribution is -2.30. The van der Waals surface area contributed by atoms with E-state index in [2.05, 4.69) is 5.32 Å². The van der Waals surface area contributed by atoms with Gasteiger partial charge in [-0.25, -0.2) is 9.18 Å². The molecule has 2 aromatic rings. The van der Waals surface area contributed by atoms with Gasteiger partial charge in [0.15, 0.2) is 6.10 Å². The number of hydrogen-bond donors (Lipinski definition) is 1. The van der Waals surface area contributed by atoms with Crippen LogP contribution in [0, 0.1) is 12.7 Å². The molecule has 0 aromatic heterocycles. The Hall–Kier alpha value is -2.69. The summed E-state index contributed by atoms with van der Waals surface area (Å²) < 4.78 is 18.6. The fraction of sp³-hybridized carbons (Fsp3) is 0.263. The van der Waals surface area contributed by atoms with E-state index in [1.807, 2.05) is 19.1 Å². The fourth-order valence-electron chi connectivity index (χ4n) is 2.07. The Balaban J connectivity index is 1.97. The standard InChI is InChI=1S/C19H20FNO3/c1-4-14-6-9-16(10-7-14)21-18(22)13(3)24-19(23)15-8-5-12(2)17(20)11-15/h5-11,13H,4H2,1-3H3,(H,21,22)/t13-/m1/s1. The molecule has 0 bridgehead atoms. The van der Waals surface area contributed by atoms with Gasteiger partial charge in [-0.2, -0.15) is 0 Å². The van der Waals surface area contributed by atoms with Crippen molar-refractivity contribution in [3.8, 4) is 0 Å². The highest BCUT2D eigenvalue weighted by Gasteiger charge is 2.19. The number of rotatable bonds is 5. The third kappa shape index (κ3) is 4.41. The first-order valence-electron chi connectivity index (χ1n) is 7.77. The molecule has 126 valence electrons. The summed E-state index contributed by atoms with van der Waals surface area (Å²) in [6.45, 7) is 5.12. The smallest absolute Gasteiger partial charge is 0.339 e. The Labute approximate surface area is 140 Å². The van der Waals surface area contributed by atoms with Crippen LogP contribution in [0.4, 0.5) is 10.1 Å². The molecule has 0 heterocycles. The predicted molar refractivity (Wildman–Crippen MR) is 90.5 cm³/mol. The van der Waals surface area contributed by atoms with E-state index in [0.717, 1.165) is 18.1 Å².